The van der Waals surface area contributed by atoms with Crippen molar-refractivity contribution in [2.24, 2.45) is 0 Å². The highest BCUT2D eigenvalue weighted by molar-refractivity contribution is 7.14. The van der Waals surface area contributed by atoms with Gasteiger partial charge in [0.1, 0.15) is 11.6 Å². The molecule has 0 aliphatic carbocycles. The molecular formula is C16H12F2N2S. The lowest BCUT2D eigenvalue weighted by Gasteiger charge is -2.03. The molecule has 0 bridgehead atoms. The number of hydrogen-bond acceptors (Lipinski definition) is 3. The monoisotopic (exact) mass is 302 g/mol. The summed E-state index contributed by atoms with van der Waals surface area (Å²) < 4.78 is 26.4. The fraction of sp³-hybridized carbons (Fsp3) is 0.0625. The minimum absolute atomic E-state index is 0.209. The van der Waals surface area contributed by atoms with Crippen LogP contribution in [0.5, 0.6) is 0 Å². The summed E-state index contributed by atoms with van der Waals surface area (Å²) in [5.74, 6) is -1.24. The summed E-state index contributed by atoms with van der Waals surface area (Å²) in [6, 6.07) is 11.4. The Labute approximate surface area is 125 Å². The molecule has 0 radical (unpaired) electrons. The zero-order valence-electron chi connectivity index (χ0n) is 11.2. The summed E-state index contributed by atoms with van der Waals surface area (Å²) >= 11 is 1.37. The van der Waals surface area contributed by atoms with E-state index in [-0.39, 0.29) is 5.69 Å². The fourth-order valence-electron chi connectivity index (χ4n) is 1.89. The molecule has 2 aromatic carbocycles. The number of nitrogens with zero attached hydrogens (tertiary/aromatic N) is 1. The van der Waals surface area contributed by atoms with Crippen LogP contribution in [0.4, 0.5) is 19.6 Å². The molecule has 1 heterocycles. The Morgan fingerprint density at radius 3 is 2.52 bits per heavy atom. The molecule has 1 aromatic heterocycles. The van der Waals surface area contributed by atoms with Gasteiger partial charge in [-0.15, -0.1) is 11.3 Å². The maximum absolute atomic E-state index is 13.6. The van der Waals surface area contributed by atoms with Gasteiger partial charge in [-0.25, -0.2) is 13.8 Å². The van der Waals surface area contributed by atoms with Crippen molar-refractivity contribution < 1.29 is 8.78 Å². The van der Waals surface area contributed by atoms with Crippen molar-refractivity contribution in [3.63, 3.8) is 0 Å². The van der Waals surface area contributed by atoms with E-state index in [1.165, 1.54) is 29.0 Å². The van der Waals surface area contributed by atoms with E-state index in [0.29, 0.717) is 5.13 Å². The van der Waals surface area contributed by atoms with Crippen LogP contribution in [0.15, 0.2) is 47.8 Å². The Bertz CT molecular complexity index is 766. The third-order valence-electron chi connectivity index (χ3n) is 3.02. The Morgan fingerprint density at radius 2 is 1.81 bits per heavy atom. The molecule has 21 heavy (non-hydrogen) atoms. The van der Waals surface area contributed by atoms with Gasteiger partial charge >= 0.3 is 0 Å². The van der Waals surface area contributed by atoms with Gasteiger partial charge in [0.2, 0.25) is 0 Å². The molecule has 3 rings (SSSR count). The average Bonchev–Trinajstić information content (AvgIpc) is 2.91. The zero-order chi connectivity index (χ0) is 14.8. The second-order valence-electron chi connectivity index (χ2n) is 4.65. The first-order valence-electron chi connectivity index (χ1n) is 6.36. The van der Waals surface area contributed by atoms with E-state index in [2.05, 4.69) is 10.3 Å². The number of halogens is 2. The van der Waals surface area contributed by atoms with Gasteiger partial charge in [0, 0.05) is 17.0 Å². The van der Waals surface area contributed by atoms with Crippen molar-refractivity contribution in [2.45, 2.75) is 6.92 Å². The maximum Gasteiger partial charge on any atom is 0.187 e. The lowest BCUT2D eigenvalue weighted by Crippen LogP contribution is -1.94. The number of benzene rings is 2. The van der Waals surface area contributed by atoms with Gasteiger partial charge in [-0.05, 0) is 19.1 Å². The van der Waals surface area contributed by atoms with Crippen LogP contribution in [0.25, 0.3) is 11.3 Å². The van der Waals surface area contributed by atoms with E-state index >= 15 is 0 Å². The van der Waals surface area contributed by atoms with E-state index in [1.54, 1.807) is 0 Å². The summed E-state index contributed by atoms with van der Waals surface area (Å²) in [6.07, 6.45) is 0. The summed E-state index contributed by atoms with van der Waals surface area (Å²) in [7, 11) is 0. The van der Waals surface area contributed by atoms with E-state index in [1.807, 2.05) is 36.6 Å². The first-order valence-corrected chi connectivity index (χ1v) is 7.24. The van der Waals surface area contributed by atoms with E-state index in [9.17, 15) is 8.78 Å². The van der Waals surface area contributed by atoms with Gasteiger partial charge < -0.3 is 5.32 Å². The van der Waals surface area contributed by atoms with E-state index in [0.717, 1.165) is 17.3 Å². The Balaban J connectivity index is 1.83. The van der Waals surface area contributed by atoms with Crippen molar-refractivity contribution in [1.29, 1.82) is 0 Å². The van der Waals surface area contributed by atoms with Crippen molar-refractivity contribution in [1.82, 2.24) is 4.98 Å². The smallest absolute Gasteiger partial charge is 0.187 e. The maximum atomic E-state index is 13.6. The van der Waals surface area contributed by atoms with Crippen molar-refractivity contribution >= 4 is 22.2 Å². The molecule has 1 N–H and O–H groups in total. The number of rotatable bonds is 3. The third kappa shape index (κ3) is 3.08. The van der Waals surface area contributed by atoms with Crippen LogP contribution < -0.4 is 5.32 Å². The normalized spacial score (nSPS) is 10.6. The van der Waals surface area contributed by atoms with Crippen LogP contribution in [0, 0.1) is 18.6 Å². The predicted molar refractivity (Wildman–Crippen MR) is 81.9 cm³/mol. The van der Waals surface area contributed by atoms with Crippen LogP contribution in [0.2, 0.25) is 0 Å². The van der Waals surface area contributed by atoms with Gasteiger partial charge in [0.25, 0.3) is 0 Å². The van der Waals surface area contributed by atoms with Gasteiger partial charge in [0.15, 0.2) is 5.13 Å². The van der Waals surface area contributed by atoms with Gasteiger partial charge in [-0.3, -0.25) is 0 Å². The molecule has 0 unspecified atom stereocenters. The summed E-state index contributed by atoms with van der Waals surface area (Å²) in [4.78, 5) is 4.42. The molecule has 5 heteroatoms. The van der Waals surface area contributed by atoms with E-state index < -0.39 is 11.6 Å². The molecule has 0 spiro atoms. The van der Waals surface area contributed by atoms with Crippen LogP contribution in [-0.4, -0.2) is 4.98 Å². The second-order valence-corrected chi connectivity index (χ2v) is 5.51. The fourth-order valence-corrected chi connectivity index (χ4v) is 2.63. The van der Waals surface area contributed by atoms with Gasteiger partial charge in [-0.2, -0.15) is 0 Å². The number of aromatic nitrogens is 1. The highest BCUT2D eigenvalue weighted by Gasteiger charge is 2.08. The van der Waals surface area contributed by atoms with Crippen LogP contribution in [-0.2, 0) is 0 Å². The molecule has 0 saturated heterocycles. The molecule has 0 amide bonds. The minimum Gasteiger partial charge on any atom is -0.329 e. The first kappa shape index (κ1) is 13.7. The molecule has 3 aromatic rings. The van der Waals surface area contributed by atoms with Crippen molar-refractivity contribution in [3.8, 4) is 11.3 Å². The van der Waals surface area contributed by atoms with Crippen LogP contribution in [0.3, 0.4) is 0 Å². The summed E-state index contributed by atoms with van der Waals surface area (Å²) in [5.41, 5.74) is 3.22. The third-order valence-corrected chi connectivity index (χ3v) is 3.78. The molecule has 0 atom stereocenters. The first-order chi connectivity index (χ1) is 10.1. The number of hydrogen-bond donors (Lipinski definition) is 1. The van der Waals surface area contributed by atoms with Crippen LogP contribution in [0.1, 0.15) is 5.56 Å². The molecular weight excluding hydrogens is 290 g/mol. The Kier molecular flexibility index (Phi) is 3.66. The molecule has 2 nitrogen and oxygen atoms in total. The van der Waals surface area contributed by atoms with Crippen molar-refractivity contribution in [3.05, 3.63) is 65.0 Å². The highest BCUT2D eigenvalue weighted by atomic mass is 32.1. The van der Waals surface area contributed by atoms with Gasteiger partial charge in [0.05, 0.1) is 11.4 Å². The quantitative estimate of drug-likeness (QED) is 0.724. The van der Waals surface area contributed by atoms with Gasteiger partial charge in [-0.1, -0.05) is 29.8 Å². The molecule has 0 saturated carbocycles. The molecule has 106 valence electrons. The Hall–Kier alpha value is -2.27. The Morgan fingerprint density at radius 1 is 1.05 bits per heavy atom. The topological polar surface area (TPSA) is 24.9 Å². The molecule has 0 aliphatic heterocycles. The number of anilines is 2. The summed E-state index contributed by atoms with van der Waals surface area (Å²) in [6.45, 7) is 2.02. The van der Waals surface area contributed by atoms with E-state index in [4.69, 9.17) is 0 Å². The standard InChI is InChI=1S/C16H12F2N2S/c1-10-2-4-11(5-3-10)15-9-21-16(20-15)19-14-7-6-12(17)8-13(14)18/h2-9H,1H3,(H,19,20). The zero-order valence-corrected chi connectivity index (χ0v) is 12.0. The SMILES string of the molecule is Cc1ccc(-c2csc(Nc3ccc(F)cc3F)n2)cc1. The number of nitrogens with one attached hydrogen (secondary N) is 1. The number of thiazole rings is 1. The average molecular weight is 302 g/mol. The highest BCUT2D eigenvalue weighted by Crippen LogP contribution is 2.28. The predicted octanol–water partition coefficient (Wildman–Crippen LogP) is 5.14. The second kappa shape index (κ2) is 5.61. The lowest BCUT2D eigenvalue weighted by atomic mass is 10.1. The van der Waals surface area contributed by atoms with Crippen molar-refractivity contribution in [2.75, 3.05) is 5.32 Å². The number of aryl methyl sites for hydroxylation is 1. The molecule has 0 aliphatic rings. The summed E-state index contributed by atoms with van der Waals surface area (Å²) in [5, 5.41) is 5.33. The lowest BCUT2D eigenvalue weighted by molar-refractivity contribution is 0.586. The molecule has 0 fully saturated rings. The minimum atomic E-state index is -0.637. The van der Waals surface area contributed by atoms with Crippen LogP contribution >= 0.6 is 11.3 Å². The largest absolute Gasteiger partial charge is 0.329 e.